The summed E-state index contributed by atoms with van der Waals surface area (Å²) in [5, 5.41) is 26.4. The van der Waals surface area contributed by atoms with Crippen LogP contribution < -0.4 is 27.4 Å². The van der Waals surface area contributed by atoms with Gasteiger partial charge in [0.2, 0.25) is 17.7 Å². The molecule has 9 N–H and O–H groups in total. The van der Waals surface area contributed by atoms with Crippen LogP contribution in [0.5, 0.6) is 0 Å². The van der Waals surface area contributed by atoms with Crippen molar-refractivity contribution < 1.29 is 29.4 Å². The van der Waals surface area contributed by atoms with Crippen molar-refractivity contribution in [3.05, 3.63) is 35.9 Å². The average molecular weight is 494 g/mol. The number of amides is 3. The monoisotopic (exact) mass is 493 g/mol. The summed E-state index contributed by atoms with van der Waals surface area (Å²) in [6.07, 6.45) is 2.05. The number of nitrogens with two attached hydrogens (primary N) is 2. The lowest BCUT2D eigenvalue weighted by Gasteiger charge is -2.26. The van der Waals surface area contributed by atoms with Crippen LogP contribution in [-0.2, 0) is 25.6 Å². The summed E-state index contributed by atoms with van der Waals surface area (Å²) in [7, 11) is 0. The highest BCUT2D eigenvalue weighted by atomic mass is 16.4. The third-order valence-corrected chi connectivity index (χ3v) is 5.81. The number of carboxylic acid groups (broad SMARTS) is 1. The molecule has 1 aromatic rings. The minimum atomic E-state index is -1.21. The molecule has 196 valence electrons. The van der Waals surface area contributed by atoms with E-state index in [0.717, 1.165) is 5.56 Å². The SMILES string of the molecule is CCC(C)C(NC(=O)C(CCCCN)NC(=O)C(Cc1ccccc1)NC(=O)C(N)CO)C(=O)O. The van der Waals surface area contributed by atoms with Crippen LogP contribution in [0.25, 0.3) is 0 Å². The lowest BCUT2D eigenvalue weighted by atomic mass is 9.98. The van der Waals surface area contributed by atoms with Gasteiger partial charge in [-0.05, 0) is 37.3 Å². The zero-order valence-electron chi connectivity index (χ0n) is 20.4. The van der Waals surface area contributed by atoms with Crippen LogP contribution in [0.15, 0.2) is 30.3 Å². The first-order valence-corrected chi connectivity index (χ1v) is 11.9. The van der Waals surface area contributed by atoms with Gasteiger partial charge in [0, 0.05) is 6.42 Å². The van der Waals surface area contributed by atoms with Crippen LogP contribution in [-0.4, -0.2) is 71.2 Å². The molecule has 11 heteroatoms. The molecule has 0 fully saturated rings. The zero-order valence-corrected chi connectivity index (χ0v) is 20.4. The summed E-state index contributed by atoms with van der Waals surface area (Å²) in [6.45, 7) is 3.35. The number of aliphatic hydroxyl groups excluding tert-OH is 1. The summed E-state index contributed by atoms with van der Waals surface area (Å²) in [5.74, 6) is -3.44. The van der Waals surface area contributed by atoms with Gasteiger partial charge in [0.15, 0.2) is 0 Å². The molecular weight excluding hydrogens is 454 g/mol. The van der Waals surface area contributed by atoms with E-state index in [2.05, 4.69) is 16.0 Å². The van der Waals surface area contributed by atoms with E-state index in [1.165, 1.54) is 0 Å². The predicted molar refractivity (Wildman–Crippen MR) is 131 cm³/mol. The first kappa shape index (κ1) is 30.0. The molecule has 0 aliphatic carbocycles. The normalized spacial score (nSPS) is 15.2. The van der Waals surface area contributed by atoms with Crippen molar-refractivity contribution in [1.29, 1.82) is 0 Å². The highest BCUT2D eigenvalue weighted by Gasteiger charge is 2.31. The van der Waals surface area contributed by atoms with Crippen LogP contribution in [0.4, 0.5) is 0 Å². The maximum atomic E-state index is 13.2. The van der Waals surface area contributed by atoms with Crippen molar-refractivity contribution in [3.63, 3.8) is 0 Å². The molecular formula is C24H39N5O6. The topological polar surface area (TPSA) is 197 Å². The van der Waals surface area contributed by atoms with E-state index in [0.29, 0.717) is 25.8 Å². The Balaban J connectivity index is 3.09. The Hall–Kier alpha value is -3.02. The Morgan fingerprint density at radius 2 is 1.54 bits per heavy atom. The molecule has 0 radical (unpaired) electrons. The number of aliphatic hydroxyl groups is 1. The molecule has 0 aromatic heterocycles. The lowest BCUT2D eigenvalue weighted by Crippen LogP contribution is -2.58. The van der Waals surface area contributed by atoms with E-state index < -0.39 is 54.5 Å². The Kier molecular flexibility index (Phi) is 13.5. The maximum Gasteiger partial charge on any atom is 0.326 e. The average Bonchev–Trinajstić information content (AvgIpc) is 2.85. The number of carbonyl (C=O) groups is 4. The second kappa shape index (κ2) is 15.8. The van der Waals surface area contributed by atoms with Gasteiger partial charge >= 0.3 is 5.97 Å². The van der Waals surface area contributed by atoms with Crippen molar-refractivity contribution in [2.45, 2.75) is 70.1 Å². The van der Waals surface area contributed by atoms with Gasteiger partial charge < -0.3 is 37.6 Å². The number of benzene rings is 1. The number of carbonyl (C=O) groups excluding carboxylic acids is 3. The van der Waals surface area contributed by atoms with Gasteiger partial charge in [-0.1, -0.05) is 50.6 Å². The van der Waals surface area contributed by atoms with Crippen LogP contribution in [0, 0.1) is 5.92 Å². The third kappa shape index (κ3) is 10.4. The first-order chi connectivity index (χ1) is 16.6. The number of aliphatic carboxylic acids is 1. The molecule has 11 nitrogen and oxygen atoms in total. The number of rotatable bonds is 16. The van der Waals surface area contributed by atoms with Gasteiger partial charge in [0.1, 0.15) is 24.2 Å². The second-order valence-corrected chi connectivity index (χ2v) is 8.60. The summed E-state index contributed by atoms with van der Waals surface area (Å²) in [6, 6.07) is 4.54. The van der Waals surface area contributed by atoms with Crippen molar-refractivity contribution in [1.82, 2.24) is 16.0 Å². The number of hydrogen-bond donors (Lipinski definition) is 7. The standard InChI is InChI=1S/C24H39N5O6/c1-3-15(2)20(24(34)35)29-22(32)18(11-7-8-12-25)27-23(33)19(28-21(31)17(26)14-30)13-16-9-5-4-6-10-16/h4-6,9-10,15,17-20,30H,3,7-8,11-14,25-26H2,1-2H3,(H,27,33)(H,28,31)(H,29,32)(H,34,35). The second-order valence-electron chi connectivity index (χ2n) is 8.60. The highest BCUT2D eigenvalue weighted by Crippen LogP contribution is 2.10. The molecule has 1 rings (SSSR count). The summed E-state index contributed by atoms with van der Waals surface area (Å²) in [5.41, 5.74) is 11.9. The molecule has 5 atom stereocenters. The molecule has 0 aliphatic heterocycles. The predicted octanol–water partition coefficient (Wildman–Crippen LogP) is -0.737. The lowest BCUT2D eigenvalue weighted by molar-refractivity contribution is -0.144. The quantitative estimate of drug-likeness (QED) is 0.146. The Morgan fingerprint density at radius 3 is 2.09 bits per heavy atom. The molecule has 0 aliphatic rings. The van der Waals surface area contributed by atoms with Gasteiger partial charge in [-0.25, -0.2) is 4.79 Å². The van der Waals surface area contributed by atoms with Crippen molar-refractivity contribution in [2.24, 2.45) is 17.4 Å². The number of carboxylic acids is 1. The fourth-order valence-electron chi connectivity index (χ4n) is 3.39. The van der Waals surface area contributed by atoms with E-state index >= 15 is 0 Å². The van der Waals surface area contributed by atoms with Crippen molar-refractivity contribution in [2.75, 3.05) is 13.2 Å². The van der Waals surface area contributed by atoms with E-state index in [1.807, 2.05) is 13.0 Å². The number of unbranched alkanes of at least 4 members (excludes halogenated alkanes) is 1. The molecule has 0 saturated heterocycles. The van der Waals surface area contributed by atoms with Gasteiger partial charge in [-0.3, -0.25) is 14.4 Å². The maximum absolute atomic E-state index is 13.2. The van der Waals surface area contributed by atoms with Gasteiger partial charge in [0.05, 0.1) is 6.61 Å². The van der Waals surface area contributed by atoms with Crippen LogP contribution in [0.2, 0.25) is 0 Å². The summed E-state index contributed by atoms with van der Waals surface area (Å²) < 4.78 is 0. The van der Waals surface area contributed by atoms with Gasteiger partial charge in [-0.2, -0.15) is 0 Å². The van der Waals surface area contributed by atoms with E-state index in [9.17, 15) is 29.4 Å². The zero-order chi connectivity index (χ0) is 26.4. The van der Waals surface area contributed by atoms with Gasteiger partial charge in [-0.15, -0.1) is 0 Å². The molecule has 1 aromatic carbocycles. The smallest absolute Gasteiger partial charge is 0.326 e. The Labute approximate surface area is 206 Å². The Morgan fingerprint density at radius 1 is 0.943 bits per heavy atom. The molecule has 0 saturated carbocycles. The fraction of sp³-hybridized carbons (Fsp3) is 0.583. The molecule has 5 unspecified atom stereocenters. The minimum Gasteiger partial charge on any atom is -0.480 e. The largest absolute Gasteiger partial charge is 0.480 e. The summed E-state index contributed by atoms with van der Waals surface area (Å²) in [4.78, 5) is 50.2. The molecule has 0 spiro atoms. The number of hydrogen-bond acceptors (Lipinski definition) is 7. The number of nitrogens with one attached hydrogen (secondary N) is 3. The molecule has 0 bridgehead atoms. The van der Waals surface area contributed by atoms with Crippen molar-refractivity contribution in [3.8, 4) is 0 Å². The highest BCUT2D eigenvalue weighted by molar-refractivity contribution is 5.94. The third-order valence-electron chi connectivity index (χ3n) is 5.81. The Bertz CT molecular complexity index is 822. The van der Waals surface area contributed by atoms with E-state index in [4.69, 9.17) is 11.5 Å². The van der Waals surface area contributed by atoms with Crippen LogP contribution in [0.3, 0.4) is 0 Å². The minimum absolute atomic E-state index is 0.123. The molecule has 3 amide bonds. The van der Waals surface area contributed by atoms with Crippen LogP contribution in [0.1, 0.15) is 45.1 Å². The fourth-order valence-corrected chi connectivity index (χ4v) is 3.39. The molecule has 35 heavy (non-hydrogen) atoms. The molecule has 0 heterocycles. The first-order valence-electron chi connectivity index (χ1n) is 11.9. The van der Waals surface area contributed by atoms with Crippen LogP contribution >= 0.6 is 0 Å². The van der Waals surface area contributed by atoms with Crippen molar-refractivity contribution >= 4 is 23.7 Å². The van der Waals surface area contributed by atoms with E-state index in [-0.39, 0.29) is 18.8 Å². The van der Waals surface area contributed by atoms with Gasteiger partial charge in [0.25, 0.3) is 0 Å². The van der Waals surface area contributed by atoms with E-state index in [1.54, 1.807) is 31.2 Å². The summed E-state index contributed by atoms with van der Waals surface area (Å²) >= 11 is 0.